The van der Waals surface area contributed by atoms with Gasteiger partial charge in [-0.2, -0.15) is 0 Å². The first-order valence-electron chi connectivity index (χ1n) is 16.0. The van der Waals surface area contributed by atoms with E-state index in [0.29, 0.717) is 0 Å². The number of amides is 2. The Morgan fingerprint density at radius 2 is 1.51 bits per heavy atom. The summed E-state index contributed by atoms with van der Waals surface area (Å²) in [4.78, 5) is 53.9. The highest BCUT2D eigenvalue weighted by molar-refractivity contribution is 5.94. The van der Waals surface area contributed by atoms with E-state index in [-0.39, 0.29) is 48.9 Å². The summed E-state index contributed by atoms with van der Waals surface area (Å²) in [5, 5.41) is 12.3. The van der Waals surface area contributed by atoms with E-state index in [9.17, 15) is 24.3 Å². The van der Waals surface area contributed by atoms with Crippen LogP contribution in [0.15, 0.2) is 48.5 Å². The predicted molar refractivity (Wildman–Crippen MR) is 172 cm³/mol. The second-order valence-electron chi connectivity index (χ2n) is 13.4. The second kappa shape index (κ2) is 14.6. The normalized spacial score (nSPS) is 16.9. The lowest BCUT2D eigenvalue weighted by molar-refractivity contribution is -0.149. The van der Waals surface area contributed by atoms with Crippen LogP contribution in [0.2, 0.25) is 0 Å². The molecule has 4 rings (SSSR count). The molecule has 244 valence electrons. The number of methoxy groups -OCH3 is 1. The lowest BCUT2D eigenvalue weighted by Gasteiger charge is -2.40. The molecule has 0 heterocycles. The standard InChI is InChI=1S/C36H48N2O7/c1-22(2)28(34(42)38(5)33(23-13-7-8-14-23)30(44-6)20-32(40)41)19-31(39)36(3,4)37-35(43)45-21-29-26-17-11-9-15-24(26)25-16-10-12-18-27(25)29/h9-12,15-18,22-23,28-30,33H,7-8,13-14,19-21H2,1-6H3,(H,37,43)(H,40,41)/t28-,30+,33-/m0/s1. The largest absolute Gasteiger partial charge is 0.481 e. The number of carboxylic acid groups (broad SMARTS) is 1. The third-order valence-corrected chi connectivity index (χ3v) is 9.72. The quantitative estimate of drug-likeness (QED) is 0.264. The van der Waals surface area contributed by atoms with Crippen molar-refractivity contribution in [3.63, 3.8) is 0 Å². The van der Waals surface area contributed by atoms with Gasteiger partial charge in [0.05, 0.1) is 24.1 Å². The fraction of sp³-hybridized carbons (Fsp3) is 0.556. The average Bonchev–Trinajstić information content (AvgIpc) is 3.64. The molecule has 2 aliphatic carbocycles. The second-order valence-corrected chi connectivity index (χ2v) is 13.4. The monoisotopic (exact) mass is 620 g/mol. The molecular weight excluding hydrogens is 572 g/mol. The van der Waals surface area contributed by atoms with E-state index in [0.717, 1.165) is 47.9 Å². The molecule has 0 radical (unpaired) electrons. The summed E-state index contributed by atoms with van der Waals surface area (Å²) in [6.45, 7) is 7.16. The average molecular weight is 621 g/mol. The molecule has 1 fully saturated rings. The number of carbonyl (C=O) groups is 4. The number of rotatable bonds is 14. The van der Waals surface area contributed by atoms with Crippen LogP contribution in [0.1, 0.15) is 83.3 Å². The van der Waals surface area contributed by atoms with Gasteiger partial charge in [-0.3, -0.25) is 14.4 Å². The van der Waals surface area contributed by atoms with Crippen LogP contribution in [0.5, 0.6) is 0 Å². The van der Waals surface area contributed by atoms with Crippen LogP contribution < -0.4 is 5.32 Å². The Bertz CT molecular complexity index is 1340. The third kappa shape index (κ3) is 7.75. The number of nitrogens with zero attached hydrogens (tertiary/aromatic N) is 1. The number of alkyl carbamates (subject to hydrolysis) is 1. The van der Waals surface area contributed by atoms with Gasteiger partial charge in [0.25, 0.3) is 0 Å². The first-order chi connectivity index (χ1) is 21.4. The lowest BCUT2D eigenvalue weighted by Crippen LogP contribution is -2.54. The lowest BCUT2D eigenvalue weighted by atomic mass is 9.83. The summed E-state index contributed by atoms with van der Waals surface area (Å²) in [7, 11) is 3.17. The van der Waals surface area contributed by atoms with E-state index in [1.54, 1.807) is 25.8 Å². The molecule has 3 atom stereocenters. The summed E-state index contributed by atoms with van der Waals surface area (Å²) in [6.07, 6.45) is 2.19. The number of carboxylic acids is 1. The van der Waals surface area contributed by atoms with Gasteiger partial charge in [0.2, 0.25) is 5.91 Å². The van der Waals surface area contributed by atoms with Gasteiger partial charge >= 0.3 is 12.1 Å². The van der Waals surface area contributed by atoms with Crippen molar-refractivity contribution in [3.05, 3.63) is 59.7 Å². The Kier molecular flexibility index (Phi) is 11.1. The smallest absolute Gasteiger partial charge is 0.407 e. The number of likely N-dealkylation sites (N-methyl/N-ethyl adjacent to an activating group) is 1. The molecule has 0 aliphatic heterocycles. The topological polar surface area (TPSA) is 122 Å². The van der Waals surface area contributed by atoms with E-state index >= 15 is 0 Å². The molecule has 45 heavy (non-hydrogen) atoms. The Morgan fingerprint density at radius 1 is 0.956 bits per heavy atom. The van der Waals surface area contributed by atoms with Crippen molar-refractivity contribution in [2.24, 2.45) is 17.8 Å². The minimum absolute atomic E-state index is 0.0779. The van der Waals surface area contributed by atoms with Crippen LogP contribution in [0, 0.1) is 17.8 Å². The molecule has 2 aromatic carbocycles. The molecule has 0 bridgehead atoms. The van der Waals surface area contributed by atoms with Gasteiger partial charge in [-0.25, -0.2) is 4.79 Å². The summed E-state index contributed by atoms with van der Waals surface area (Å²) >= 11 is 0. The van der Waals surface area contributed by atoms with Crippen LogP contribution >= 0.6 is 0 Å². The summed E-state index contributed by atoms with van der Waals surface area (Å²) in [6, 6.07) is 15.7. The molecule has 9 nitrogen and oxygen atoms in total. The van der Waals surface area contributed by atoms with Gasteiger partial charge in [0, 0.05) is 32.4 Å². The van der Waals surface area contributed by atoms with Crippen molar-refractivity contribution < 1.29 is 33.8 Å². The van der Waals surface area contributed by atoms with Gasteiger partial charge in [-0.15, -0.1) is 0 Å². The number of fused-ring (bicyclic) bond motifs is 3. The number of carbonyl (C=O) groups excluding carboxylic acids is 3. The van der Waals surface area contributed by atoms with E-state index in [4.69, 9.17) is 9.47 Å². The van der Waals surface area contributed by atoms with Gasteiger partial charge in [-0.1, -0.05) is 75.2 Å². The van der Waals surface area contributed by atoms with Gasteiger partial charge < -0.3 is 24.8 Å². The molecule has 0 unspecified atom stereocenters. The zero-order valence-corrected chi connectivity index (χ0v) is 27.4. The number of ketones is 1. The fourth-order valence-corrected chi connectivity index (χ4v) is 7.11. The highest BCUT2D eigenvalue weighted by atomic mass is 16.5. The summed E-state index contributed by atoms with van der Waals surface area (Å²) in [5.74, 6) is -2.30. The fourth-order valence-electron chi connectivity index (χ4n) is 7.11. The van der Waals surface area contributed by atoms with Crippen LogP contribution in [0.4, 0.5) is 4.79 Å². The molecule has 9 heteroatoms. The maximum atomic E-state index is 14.0. The molecule has 0 saturated heterocycles. The van der Waals surface area contributed by atoms with Crippen LogP contribution in [0.25, 0.3) is 11.1 Å². The van der Waals surface area contributed by atoms with Crippen molar-refractivity contribution in [3.8, 4) is 11.1 Å². The van der Waals surface area contributed by atoms with Crippen LogP contribution in [-0.4, -0.2) is 72.2 Å². The molecule has 2 aromatic rings. The Morgan fingerprint density at radius 3 is 2.02 bits per heavy atom. The highest BCUT2D eigenvalue weighted by Gasteiger charge is 2.42. The van der Waals surface area contributed by atoms with E-state index in [2.05, 4.69) is 17.4 Å². The number of aliphatic carboxylic acids is 1. The van der Waals surface area contributed by atoms with Crippen molar-refractivity contribution in [2.75, 3.05) is 20.8 Å². The summed E-state index contributed by atoms with van der Waals surface area (Å²) < 4.78 is 11.3. The molecule has 0 spiro atoms. The maximum absolute atomic E-state index is 14.0. The van der Waals surface area contributed by atoms with Gasteiger partial charge in [-0.05, 0) is 60.8 Å². The number of hydrogen-bond acceptors (Lipinski definition) is 6. The number of benzene rings is 2. The summed E-state index contributed by atoms with van der Waals surface area (Å²) in [5.41, 5.74) is 3.17. The van der Waals surface area contributed by atoms with Crippen molar-refractivity contribution in [1.29, 1.82) is 0 Å². The van der Waals surface area contributed by atoms with Crippen molar-refractivity contribution in [1.82, 2.24) is 10.2 Å². The van der Waals surface area contributed by atoms with Crippen molar-refractivity contribution >= 4 is 23.8 Å². The van der Waals surface area contributed by atoms with Gasteiger partial charge in [0.15, 0.2) is 5.78 Å². The zero-order valence-electron chi connectivity index (χ0n) is 27.4. The number of nitrogens with one attached hydrogen (secondary N) is 1. The number of Topliss-reactive ketones (excluding diaryl/α,β-unsaturated/α-hetero) is 1. The first-order valence-corrected chi connectivity index (χ1v) is 16.0. The number of hydrogen-bond donors (Lipinski definition) is 2. The zero-order chi connectivity index (χ0) is 32.9. The maximum Gasteiger partial charge on any atom is 0.407 e. The van der Waals surface area contributed by atoms with E-state index in [1.807, 2.05) is 50.2 Å². The van der Waals surface area contributed by atoms with Crippen LogP contribution in [-0.2, 0) is 23.9 Å². The number of ether oxygens (including phenoxy) is 2. The first kappa shape index (κ1) is 34.2. The Hall–Kier alpha value is -3.72. The highest BCUT2D eigenvalue weighted by Crippen LogP contribution is 2.44. The van der Waals surface area contributed by atoms with Gasteiger partial charge in [0.1, 0.15) is 6.61 Å². The molecule has 1 saturated carbocycles. The van der Waals surface area contributed by atoms with Crippen LogP contribution in [0.3, 0.4) is 0 Å². The Labute approximate surface area is 266 Å². The molecule has 2 amide bonds. The molecule has 0 aromatic heterocycles. The molecule has 2 N–H and O–H groups in total. The minimum atomic E-state index is -1.28. The Balaban J connectivity index is 1.42. The van der Waals surface area contributed by atoms with E-state index in [1.165, 1.54) is 7.11 Å². The molecule has 2 aliphatic rings. The van der Waals surface area contributed by atoms with Crippen molar-refractivity contribution in [2.45, 2.75) is 89.8 Å². The predicted octanol–water partition coefficient (Wildman–Crippen LogP) is 6.04. The molecular formula is C36H48N2O7. The van der Waals surface area contributed by atoms with E-state index < -0.39 is 35.7 Å². The minimum Gasteiger partial charge on any atom is -0.481 e. The third-order valence-electron chi connectivity index (χ3n) is 9.72. The SMILES string of the molecule is CO[C@H](CC(=O)O)[C@H](C1CCCC1)N(C)C(=O)[C@@H](CC(=O)C(C)(C)NC(=O)OCC1c2ccccc2-c2ccccc21)C(C)C.